The van der Waals surface area contributed by atoms with Crippen molar-refractivity contribution in [2.75, 3.05) is 0 Å². The van der Waals surface area contributed by atoms with Gasteiger partial charge in [-0.3, -0.25) is 9.59 Å². The van der Waals surface area contributed by atoms with E-state index >= 15 is 0 Å². The molecule has 0 saturated heterocycles. The van der Waals surface area contributed by atoms with Crippen molar-refractivity contribution in [3.05, 3.63) is 0 Å². The predicted octanol–water partition coefficient (Wildman–Crippen LogP) is -1.80. The van der Waals surface area contributed by atoms with E-state index in [0.29, 0.717) is 0 Å². The normalized spacial score (nSPS) is 12.5. The fourth-order valence-corrected chi connectivity index (χ4v) is 0.661. The molecule has 2 unspecified atom stereocenters. The summed E-state index contributed by atoms with van der Waals surface area (Å²) < 4.78 is 0. The van der Waals surface area contributed by atoms with Crippen LogP contribution in [0.15, 0.2) is 0 Å². The zero-order valence-electron chi connectivity index (χ0n) is 9.59. The van der Waals surface area contributed by atoms with Crippen LogP contribution in [0.1, 0.15) is 19.3 Å². The van der Waals surface area contributed by atoms with Crippen molar-refractivity contribution in [3.63, 3.8) is 0 Å². The Morgan fingerprint density at radius 2 is 0.947 bits per heavy atom. The SMILES string of the molecule is O=C(O)C(O)C(O)C(=O)O.O=C(O)CCCC(=O)O. The van der Waals surface area contributed by atoms with Crippen LogP contribution in [0.3, 0.4) is 0 Å². The second-order valence-electron chi connectivity index (χ2n) is 3.21. The molecule has 0 aromatic carbocycles. The average molecular weight is 282 g/mol. The van der Waals surface area contributed by atoms with Crippen LogP contribution in [0, 0.1) is 0 Å². The molecular weight excluding hydrogens is 268 g/mol. The third-order valence-electron chi connectivity index (χ3n) is 1.59. The Bertz CT molecular complexity index is 304. The van der Waals surface area contributed by atoms with E-state index < -0.39 is 36.1 Å². The lowest BCUT2D eigenvalue weighted by Gasteiger charge is -2.07. The first-order chi connectivity index (χ1) is 8.59. The number of hydrogen-bond acceptors (Lipinski definition) is 6. The largest absolute Gasteiger partial charge is 0.481 e. The van der Waals surface area contributed by atoms with Crippen LogP contribution in [-0.2, 0) is 19.2 Å². The fraction of sp³-hybridized carbons (Fsp3) is 0.556. The Kier molecular flexibility index (Phi) is 9.87. The van der Waals surface area contributed by atoms with Gasteiger partial charge in [0.15, 0.2) is 12.2 Å². The third kappa shape index (κ3) is 12.1. The molecule has 0 heterocycles. The third-order valence-corrected chi connectivity index (χ3v) is 1.59. The number of hydrogen-bond donors (Lipinski definition) is 6. The molecule has 0 aliphatic heterocycles. The van der Waals surface area contributed by atoms with Gasteiger partial charge in [-0.2, -0.15) is 0 Å². The topological polar surface area (TPSA) is 190 Å². The molecule has 0 fully saturated rings. The second kappa shape index (κ2) is 9.79. The van der Waals surface area contributed by atoms with Crippen LogP contribution in [0.25, 0.3) is 0 Å². The second-order valence-corrected chi connectivity index (χ2v) is 3.21. The van der Waals surface area contributed by atoms with Crippen LogP contribution in [0.2, 0.25) is 0 Å². The molecule has 0 aromatic heterocycles. The molecule has 0 aliphatic rings. The monoisotopic (exact) mass is 282 g/mol. The molecule has 110 valence electrons. The maximum Gasteiger partial charge on any atom is 0.335 e. The number of carboxylic acids is 4. The lowest BCUT2D eigenvalue weighted by atomic mass is 10.2. The van der Waals surface area contributed by atoms with Crippen molar-refractivity contribution in [1.82, 2.24) is 0 Å². The predicted molar refractivity (Wildman–Crippen MR) is 56.4 cm³/mol. The zero-order chi connectivity index (χ0) is 15.6. The van der Waals surface area contributed by atoms with Crippen molar-refractivity contribution in [2.24, 2.45) is 0 Å². The molecule has 0 saturated carbocycles. The molecule has 2 atom stereocenters. The van der Waals surface area contributed by atoms with Gasteiger partial charge in [0.05, 0.1) is 0 Å². The first-order valence-corrected chi connectivity index (χ1v) is 4.85. The van der Waals surface area contributed by atoms with E-state index in [-0.39, 0.29) is 19.3 Å². The minimum atomic E-state index is -2.27. The highest BCUT2D eigenvalue weighted by Crippen LogP contribution is 1.93. The molecular formula is C9H14O10. The van der Waals surface area contributed by atoms with Crippen molar-refractivity contribution in [3.8, 4) is 0 Å². The molecule has 0 radical (unpaired) electrons. The molecule has 0 spiro atoms. The van der Waals surface area contributed by atoms with Gasteiger partial charge >= 0.3 is 23.9 Å². The van der Waals surface area contributed by atoms with E-state index in [2.05, 4.69) is 0 Å². The zero-order valence-corrected chi connectivity index (χ0v) is 9.59. The Balaban J connectivity index is 0. The number of aliphatic carboxylic acids is 4. The first-order valence-electron chi connectivity index (χ1n) is 4.85. The smallest absolute Gasteiger partial charge is 0.335 e. The van der Waals surface area contributed by atoms with Gasteiger partial charge in [0.2, 0.25) is 0 Å². The van der Waals surface area contributed by atoms with E-state index in [1.54, 1.807) is 0 Å². The summed E-state index contributed by atoms with van der Waals surface area (Å²) in [6, 6.07) is 0. The van der Waals surface area contributed by atoms with Gasteiger partial charge in [-0.15, -0.1) is 0 Å². The number of aliphatic hydroxyl groups is 2. The summed E-state index contributed by atoms with van der Waals surface area (Å²) in [6.07, 6.45) is -4.45. The molecule has 19 heavy (non-hydrogen) atoms. The Hall–Kier alpha value is -2.20. The van der Waals surface area contributed by atoms with Crippen LogP contribution >= 0.6 is 0 Å². The Morgan fingerprint density at radius 1 is 0.684 bits per heavy atom. The highest BCUT2D eigenvalue weighted by atomic mass is 16.4. The summed E-state index contributed by atoms with van der Waals surface area (Å²) in [5.41, 5.74) is 0. The summed E-state index contributed by atoms with van der Waals surface area (Å²) in [4.78, 5) is 39.1. The van der Waals surface area contributed by atoms with Crippen molar-refractivity contribution in [2.45, 2.75) is 31.5 Å². The van der Waals surface area contributed by atoms with Crippen molar-refractivity contribution >= 4 is 23.9 Å². The van der Waals surface area contributed by atoms with Gasteiger partial charge in [-0.05, 0) is 6.42 Å². The minimum absolute atomic E-state index is 0.0632. The van der Waals surface area contributed by atoms with Gasteiger partial charge < -0.3 is 30.6 Å². The molecule has 0 aliphatic carbocycles. The van der Waals surface area contributed by atoms with E-state index in [1.807, 2.05) is 0 Å². The van der Waals surface area contributed by atoms with Gasteiger partial charge in [-0.25, -0.2) is 9.59 Å². The van der Waals surface area contributed by atoms with Crippen LogP contribution < -0.4 is 0 Å². The van der Waals surface area contributed by atoms with E-state index in [1.165, 1.54) is 0 Å². The van der Waals surface area contributed by atoms with Gasteiger partial charge in [0.1, 0.15) is 0 Å². The van der Waals surface area contributed by atoms with E-state index in [9.17, 15) is 19.2 Å². The molecule has 0 bridgehead atoms. The summed E-state index contributed by atoms with van der Waals surface area (Å²) in [5, 5.41) is 48.6. The Labute approximate surface area is 106 Å². The van der Waals surface area contributed by atoms with Gasteiger partial charge in [-0.1, -0.05) is 0 Å². The fourth-order valence-electron chi connectivity index (χ4n) is 0.661. The summed E-state index contributed by atoms with van der Waals surface area (Å²) in [5.74, 6) is -5.43. The minimum Gasteiger partial charge on any atom is -0.481 e. The molecule has 0 amide bonds. The van der Waals surface area contributed by atoms with Gasteiger partial charge in [0, 0.05) is 12.8 Å². The van der Waals surface area contributed by atoms with Gasteiger partial charge in [0.25, 0.3) is 0 Å². The van der Waals surface area contributed by atoms with E-state index in [0.717, 1.165) is 0 Å². The average Bonchev–Trinajstić information content (AvgIpc) is 2.26. The molecule has 10 heteroatoms. The highest BCUT2D eigenvalue weighted by molar-refractivity contribution is 5.83. The van der Waals surface area contributed by atoms with E-state index in [4.69, 9.17) is 30.6 Å². The highest BCUT2D eigenvalue weighted by Gasteiger charge is 2.29. The summed E-state index contributed by atoms with van der Waals surface area (Å²) >= 11 is 0. The Morgan fingerprint density at radius 3 is 1.11 bits per heavy atom. The summed E-state index contributed by atoms with van der Waals surface area (Å²) in [7, 11) is 0. The lowest BCUT2D eigenvalue weighted by molar-refractivity contribution is -0.165. The van der Waals surface area contributed by atoms with Crippen molar-refractivity contribution in [1.29, 1.82) is 0 Å². The van der Waals surface area contributed by atoms with Crippen molar-refractivity contribution < 1.29 is 49.8 Å². The van der Waals surface area contributed by atoms with Crippen LogP contribution in [0.5, 0.6) is 0 Å². The number of carbonyl (C=O) groups is 4. The number of carboxylic acid groups (broad SMARTS) is 4. The maximum atomic E-state index is 9.79. The molecule has 0 rings (SSSR count). The van der Waals surface area contributed by atoms with Crippen LogP contribution in [-0.4, -0.2) is 66.7 Å². The lowest BCUT2D eigenvalue weighted by Crippen LogP contribution is -2.39. The van der Waals surface area contributed by atoms with Crippen LogP contribution in [0.4, 0.5) is 0 Å². The number of rotatable bonds is 7. The first kappa shape index (κ1) is 19.1. The molecule has 6 N–H and O–H groups in total. The molecule has 0 aromatic rings. The number of aliphatic hydroxyl groups excluding tert-OH is 2. The maximum absolute atomic E-state index is 9.79. The molecule has 10 nitrogen and oxygen atoms in total. The standard InChI is InChI=1S/C5H8O4.C4H6O6/c6-4(7)2-1-3-5(8)9;5-1(3(7)8)2(6)4(9)10/h1-3H2,(H,6,7)(H,8,9);1-2,5-6H,(H,7,8)(H,9,10). The quantitative estimate of drug-likeness (QED) is 0.310. The summed E-state index contributed by atoms with van der Waals surface area (Å²) in [6.45, 7) is 0.